The fourth-order valence-corrected chi connectivity index (χ4v) is 3.59. The Morgan fingerprint density at radius 2 is 1.67 bits per heavy atom. The van der Waals surface area contributed by atoms with Gasteiger partial charge < -0.3 is 5.32 Å². The first kappa shape index (κ1) is 17.2. The molecule has 3 rings (SSSR count). The first-order valence-corrected chi connectivity index (χ1v) is 9.05. The van der Waals surface area contributed by atoms with Crippen LogP contribution in [0, 0.1) is 6.92 Å². The molecule has 0 aromatic heterocycles. The molecule has 0 spiro atoms. The number of rotatable bonds is 4. The number of anilines is 2. The molecule has 0 unspecified atom stereocenters. The Morgan fingerprint density at radius 3 is 2.38 bits per heavy atom. The second-order valence-electron chi connectivity index (χ2n) is 5.44. The molecule has 0 amide bonds. The van der Waals surface area contributed by atoms with Gasteiger partial charge in [-0.25, -0.2) is 0 Å². The Hall–Kier alpha value is -1.68. The Morgan fingerprint density at radius 1 is 0.958 bits per heavy atom. The number of hydrogen-bond acceptors (Lipinski definition) is 2. The number of aryl methyl sites for hydroxylation is 1. The molecule has 1 N–H and O–H groups in total. The Bertz CT molecular complexity index is 908. The van der Waals surface area contributed by atoms with Crippen LogP contribution in [0.15, 0.2) is 71.2 Å². The fraction of sp³-hybridized carbons (Fsp3) is 0.0500. The molecule has 3 aromatic carbocycles. The van der Waals surface area contributed by atoms with Crippen LogP contribution in [0.1, 0.15) is 16.7 Å². The van der Waals surface area contributed by atoms with Crippen LogP contribution < -0.4 is 5.32 Å². The van der Waals surface area contributed by atoms with Crippen molar-refractivity contribution in [1.29, 1.82) is 0 Å². The quantitative estimate of drug-likeness (QED) is 0.366. The van der Waals surface area contributed by atoms with E-state index in [4.69, 9.17) is 23.8 Å². The van der Waals surface area contributed by atoms with Crippen LogP contribution in [0.4, 0.5) is 11.4 Å². The van der Waals surface area contributed by atoms with Crippen molar-refractivity contribution >= 4 is 56.0 Å². The predicted molar refractivity (Wildman–Crippen MR) is 111 cm³/mol. The standard InChI is InChI=1S/C20H15BrClNS/c1-13-6-2-3-7-15(13)20(24)16-11-10-14(12-18(16)22)23-19-9-5-4-8-17(19)21/h2-12,23H,1H3. The highest BCUT2D eigenvalue weighted by Gasteiger charge is 2.11. The molecule has 4 heteroatoms. The van der Waals surface area contributed by atoms with Gasteiger partial charge in [-0.15, -0.1) is 0 Å². The van der Waals surface area contributed by atoms with Gasteiger partial charge in [0.25, 0.3) is 0 Å². The molecule has 0 heterocycles. The topological polar surface area (TPSA) is 12.0 Å². The van der Waals surface area contributed by atoms with Crippen molar-refractivity contribution in [2.45, 2.75) is 6.92 Å². The molecule has 0 aliphatic rings. The molecule has 0 aliphatic carbocycles. The normalized spacial score (nSPS) is 10.5. The van der Waals surface area contributed by atoms with E-state index >= 15 is 0 Å². The van der Waals surface area contributed by atoms with Crippen molar-refractivity contribution in [2.24, 2.45) is 0 Å². The summed E-state index contributed by atoms with van der Waals surface area (Å²) in [7, 11) is 0. The van der Waals surface area contributed by atoms with Gasteiger partial charge in [-0.3, -0.25) is 0 Å². The third-order valence-electron chi connectivity index (χ3n) is 3.76. The lowest BCUT2D eigenvalue weighted by molar-refractivity contribution is 1.44. The number of thiocarbonyl (C=S) groups is 1. The third-order valence-corrected chi connectivity index (χ3v) is 5.20. The second-order valence-corrected chi connectivity index (χ2v) is 7.11. The number of halogens is 2. The minimum absolute atomic E-state index is 0.639. The fourth-order valence-electron chi connectivity index (χ4n) is 2.47. The molecule has 3 aromatic rings. The van der Waals surface area contributed by atoms with Crippen LogP contribution in [0.5, 0.6) is 0 Å². The maximum absolute atomic E-state index is 6.49. The van der Waals surface area contributed by atoms with Crippen LogP contribution in [-0.2, 0) is 0 Å². The van der Waals surface area contributed by atoms with Gasteiger partial charge in [0.05, 0.1) is 15.6 Å². The second kappa shape index (κ2) is 7.47. The zero-order chi connectivity index (χ0) is 17.1. The van der Waals surface area contributed by atoms with Crippen molar-refractivity contribution in [2.75, 3.05) is 5.32 Å². The molecule has 0 aliphatic heterocycles. The van der Waals surface area contributed by atoms with E-state index in [1.807, 2.05) is 60.7 Å². The first-order valence-electron chi connectivity index (χ1n) is 7.47. The molecular formula is C20H15BrClNS. The van der Waals surface area contributed by atoms with Crippen LogP contribution in [0.2, 0.25) is 5.02 Å². The van der Waals surface area contributed by atoms with Gasteiger partial charge in [0.15, 0.2) is 0 Å². The summed E-state index contributed by atoms with van der Waals surface area (Å²) in [4.78, 5) is 0.769. The van der Waals surface area contributed by atoms with Gasteiger partial charge in [-0.05, 0) is 64.3 Å². The smallest absolute Gasteiger partial charge is 0.0539 e. The van der Waals surface area contributed by atoms with Crippen LogP contribution in [0.25, 0.3) is 0 Å². The van der Waals surface area contributed by atoms with Gasteiger partial charge in [0.1, 0.15) is 0 Å². The molecule has 0 atom stereocenters. The average molecular weight is 417 g/mol. The minimum atomic E-state index is 0.639. The van der Waals surface area contributed by atoms with Crippen molar-refractivity contribution in [3.05, 3.63) is 92.9 Å². The molecule has 120 valence electrons. The summed E-state index contributed by atoms with van der Waals surface area (Å²) in [6.45, 7) is 2.05. The molecule has 0 saturated heterocycles. The van der Waals surface area contributed by atoms with Gasteiger partial charge >= 0.3 is 0 Å². The Balaban J connectivity index is 1.89. The minimum Gasteiger partial charge on any atom is -0.355 e. The highest BCUT2D eigenvalue weighted by atomic mass is 79.9. The third kappa shape index (κ3) is 3.69. The average Bonchev–Trinajstić information content (AvgIpc) is 2.57. The lowest BCUT2D eigenvalue weighted by Gasteiger charge is -2.13. The number of benzene rings is 3. The summed E-state index contributed by atoms with van der Waals surface area (Å²) in [5, 5.41) is 3.99. The SMILES string of the molecule is Cc1ccccc1C(=S)c1ccc(Nc2ccccc2Br)cc1Cl. The monoisotopic (exact) mass is 415 g/mol. The highest BCUT2D eigenvalue weighted by molar-refractivity contribution is 9.10. The maximum Gasteiger partial charge on any atom is 0.0539 e. The number of nitrogens with one attached hydrogen (secondary N) is 1. The van der Waals surface area contributed by atoms with E-state index in [9.17, 15) is 0 Å². The first-order chi connectivity index (χ1) is 11.6. The van der Waals surface area contributed by atoms with Gasteiger partial charge in [-0.1, -0.05) is 60.2 Å². The number of para-hydroxylation sites is 1. The largest absolute Gasteiger partial charge is 0.355 e. The van der Waals surface area contributed by atoms with Gasteiger partial charge in [0, 0.05) is 15.7 Å². The van der Waals surface area contributed by atoms with E-state index in [0.29, 0.717) is 5.02 Å². The van der Waals surface area contributed by atoms with Crippen molar-refractivity contribution in [3.63, 3.8) is 0 Å². The molecular weight excluding hydrogens is 402 g/mol. The summed E-state index contributed by atoms with van der Waals surface area (Å²) < 4.78 is 1.00. The van der Waals surface area contributed by atoms with Crippen molar-refractivity contribution < 1.29 is 0 Å². The Labute approximate surface area is 160 Å². The maximum atomic E-state index is 6.49. The molecule has 0 fully saturated rings. The van der Waals surface area contributed by atoms with Crippen LogP contribution in [-0.4, -0.2) is 4.86 Å². The molecule has 1 nitrogen and oxygen atoms in total. The van der Waals surface area contributed by atoms with E-state index in [2.05, 4.69) is 34.2 Å². The van der Waals surface area contributed by atoms with Crippen molar-refractivity contribution in [1.82, 2.24) is 0 Å². The predicted octanol–water partition coefficient (Wildman–Crippen LogP) is 6.92. The van der Waals surface area contributed by atoms with E-state index in [1.54, 1.807) is 0 Å². The summed E-state index contributed by atoms with van der Waals surface area (Å²) in [6, 6.07) is 21.9. The lowest BCUT2D eigenvalue weighted by atomic mass is 10.00. The molecule has 0 radical (unpaired) electrons. The van der Waals surface area contributed by atoms with Crippen LogP contribution >= 0.6 is 39.7 Å². The molecule has 0 saturated carbocycles. The van der Waals surface area contributed by atoms with Gasteiger partial charge in [-0.2, -0.15) is 0 Å². The van der Waals surface area contributed by atoms with E-state index in [0.717, 1.165) is 37.4 Å². The zero-order valence-electron chi connectivity index (χ0n) is 13.0. The molecule has 0 bridgehead atoms. The summed E-state index contributed by atoms with van der Waals surface area (Å²) >= 11 is 15.7. The highest BCUT2D eigenvalue weighted by Crippen LogP contribution is 2.29. The van der Waals surface area contributed by atoms with Gasteiger partial charge in [0.2, 0.25) is 0 Å². The summed E-state index contributed by atoms with van der Waals surface area (Å²) in [5.41, 5.74) is 4.97. The summed E-state index contributed by atoms with van der Waals surface area (Å²) in [6.07, 6.45) is 0. The number of hydrogen-bond donors (Lipinski definition) is 1. The summed E-state index contributed by atoms with van der Waals surface area (Å²) in [5.74, 6) is 0. The van der Waals surface area contributed by atoms with E-state index < -0.39 is 0 Å². The molecule has 24 heavy (non-hydrogen) atoms. The van der Waals surface area contributed by atoms with E-state index in [-0.39, 0.29) is 0 Å². The Kier molecular flexibility index (Phi) is 5.34. The zero-order valence-corrected chi connectivity index (χ0v) is 16.2. The van der Waals surface area contributed by atoms with E-state index in [1.165, 1.54) is 0 Å². The van der Waals surface area contributed by atoms with Crippen molar-refractivity contribution in [3.8, 4) is 0 Å². The van der Waals surface area contributed by atoms with Crippen LogP contribution in [0.3, 0.4) is 0 Å². The lowest BCUT2D eigenvalue weighted by Crippen LogP contribution is -2.03.